The van der Waals surface area contributed by atoms with Gasteiger partial charge in [-0.05, 0) is 93.4 Å². The van der Waals surface area contributed by atoms with Crippen LogP contribution in [0, 0.1) is 0 Å². The lowest BCUT2D eigenvalue weighted by atomic mass is 10.2. The molecule has 7 nitrogen and oxygen atoms in total. The monoisotopic (exact) mass is 861 g/mol. The zero-order valence-corrected chi connectivity index (χ0v) is 29.9. The number of hydrogen-bond acceptors (Lipinski definition) is 6. The molecule has 222 valence electrons. The molecule has 2 heterocycles. The molecule has 0 saturated heterocycles. The van der Waals surface area contributed by atoms with Gasteiger partial charge in [-0.1, -0.05) is 61.7 Å². The van der Waals surface area contributed by atoms with Crippen molar-refractivity contribution in [3.63, 3.8) is 0 Å². The summed E-state index contributed by atoms with van der Waals surface area (Å²) < 4.78 is 22.7. The number of fused-ring (bicyclic) bond motifs is 2. The third kappa shape index (κ3) is 6.25. The summed E-state index contributed by atoms with van der Waals surface area (Å²) in [6, 6.07) is 21.9. The Morgan fingerprint density at radius 3 is 2.59 bits per heavy atom. The number of nitrogens with zero attached hydrogens (tertiary/aromatic N) is 3. The molecule has 44 heavy (non-hydrogen) atoms. The molecule has 0 atom stereocenters. The van der Waals surface area contributed by atoms with Crippen molar-refractivity contribution in [1.82, 2.24) is 9.66 Å². The number of furan rings is 1. The summed E-state index contributed by atoms with van der Waals surface area (Å²) >= 11 is 20.6. The van der Waals surface area contributed by atoms with Gasteiger partial charge >= 0.3 is 0 Å². The van der Waals surface area contributed by atoms with E-state index < -0.39 is 0 Å². The maximum atomic E-state index is 13.7. The molecule has 4 aromatic carbocycles. The Bertz CT molecular complexity index is 2150. The summed E-state index contributed by atoms with van der Waals surface area (Å²) in [4.78, 5) is 18.5. The predicted octanol–water partition coefficient (Wildman–Crippen LogP) is 10.4. The molecule has 0 aliphatic rings. The van der Waals surface area contributed by atoms with Gasteiger partial charge in [0.2, 0.25) is 5.82 Å². The van der Waals surface area contributed by atoms with Crippen molar-refractivity contribution in [2.24, 2.45) is 5.10 Å². The van der Waals surface area contributed by atoms with Crippen molar-refractivity contribution in [2.75, 3.05) is 6.61 Å². The van der Waals surface area contributed by atoms with E-state index in [1.54, 1.807) is 54.7 Å². The molecular weight excluding hydrogens is 845 g/mol. The molecule has 0 bridgehead atoms. The summed E-state index contributed by atoms with van der Waals surface area (Å²) in [6.07, 6.45) is 1.56. The normalized spacial score (nSPS) is 11.6. The van der Waals surface area contributed by atoms with Crippen molar-refractivity contribution in [3.8, 4) is 23.1 Å². The Hall–Kier alpha value is -2.96. The van der Waals surface area contributed by atoms with Gasteiger partial charge < -0.3 is 13.9 Å². The molecular formula is C32H20Br4ClN3O4. The van der Waals surface area contributed by atoms with Crippen LogP contribution in [0.15, 0.2) is 105 Å². The van der Waals surface area contributed by atoms with E-state index in [0.717, 1.165) is 19.9 Å². The Morgan fingerprint density at radius 1 is 0.977 bits per heavy atom. The maximum absolute atomic E-state index is 13.7. The maximum Gasteiger partial charge on any atom is 0.282 e. The van der Waals surface area contributed by atoms with Crippen molar-refractivity contribution in [2.45, 2.75) is 13.5 Å². The van der Waals surface area contributed by atoms with E-state index in [4.69, 9.17) is 30.5 Å². The predicted molar refractivity (Wildman–Crippen MR) is 188 cm³/mol. The average molecular weight is 866 g/mol. The number of rotatable bonds is 8. The van der Waals surface area contributed by atoms with Gasteiger partial charge in [0.25, 0.3) is 5.56 Å². The minimum absolute atomic E-state index is 0.248. The molecule has 0 N–H and O–H groups in total. The highest BCUT2D eigenvalue weighted by Crippen LogP contribution is 2.43. The number of para-hydroxylation sites is 1. The van der Waals surface area contributed by atoms with Crippen LogP contribution in [0.4, 0.5) is 0 Å². The van der Waals surface area contributed by atoms with Crippen LogP contribution < -0.4 is 15.0 Å². The van der Waals surface area contributed by atoms with Crippen molar-refractivity contribution < 1.29 is 13.9 Å². The van der Waals surface area contributed by atoms with Crippen LogP contribution in [0.25, 0.3) is 33.5 Å². The van der Waals surface area contributed by atoms with E-state index >= 15 is 0 Å². The molecule has 6 aromatic rings. The molecule has 12 heteroatoms. The number of ether oxygens (including phenoxy) is 2. The largest absolute Gasteiger partial charge is 0.490 e. The van der Waals surface area contributed by atoms with E-state index in [1.807, 2.05) is 31.2 Å². The van der Waals surface area contributed by atoms with E-state index in [0.29, 0.717) is 66.5 Å². The average Bonchev–Trinajstić information content (AvgIpc) is 3.43. The summed E-state index contributed by atoms with van der Waals surface area (Å²) in [5.74, 6) is 1.66. The number of halogens is 5. The van der Waals surface area contributed by atoms with Gasteiger partial charge in [0.15, 0.2) is 17.3 Å². The topological polar surface area (TPSA) is 78.9 Å². The van der Waals surface area contributed by atoms with Crippen molar-refractivity contribution in [1.29, 1.82) is 0 Å². The van der Waals surface area contributed by atoms with Crippen molar-refractivity contribution >= 4 is 103 Å². The second-order valence-corrected chi connectivity index (χ2v) is 13.3. The first-order valence-electron chi connectivity index (χ1n) is 13.2. The smallest absolute Gasteiger partial charge is 0.282 e. The van der Waals surface area contributed by atoms with Gasteiger partial charge in [-0.3, -0.25) is 4.79 Å². The highest BCUT2D eigenvalue weighted by Gasteiger charge is 2.20. The fourth-order valence-corrected chi connectivity index (χ4v) is 6.80. The van der Waals surface area contributed by atoms with E-state index in [-0.39, 0.29) is 11.4 Å². The van der Waals surface area contributed by atoms with E-state index in [2.05, 4.69) is 68.8 Å². The number of aromatic nitrogens is 2. The van der Waals surface area contributed by atoms with Gasteiger partial charge in [0, 0.05) is 35.0 Å². The molecule has 0 unspecified atom stereocenters. The quantitative estimate of drug-likeness (QED) is 0.142. The molecule has 6 rings (SSSR count). The minimum Gasteiger partial charge on any atom is -0.490 e. The van der Waals surface area contributed by atoms with Crippen LogP contribution in [0.3, 0.4) is 0 Å². The molecule has 0 aliphatic heterocycles. The van der Waals surface area contributed by atoms with Crippen LogP contribution in [-0.4, -0.2) is 22.5 Å². The van der Waals surface area contributed by atoms with E-state index in [9.17, 15) is 4.79 Å². The molecule has 0 fully saturated rings. The van der Waals surface area contributed by atoms with Crippen LogP contribution in [0.1, 0.15) is 18.1 Å². The summed E-state index contributed by atoms with van der Waals surface area (Å²) in [5, 5.41) is 6.39. The van der Waals surface area contributed by atoms with E-state index in [1.165, 1.54) is 4.68 Å². The SMILES string of the molecule is CCOc1cc(C=Nn2c(-c3cc4cc(Cl)ccc4o3)nc3ccccc3c2=O)c(Br)c(Br)c1OCc1ccc(Br)cc1Br. The zero-order valence-electron chi connectivity index (χ0n) is 22.8. The standard InChI is InChI=1S/C32H20Br4ClN3O4/c1-2-42-26-13-19(28(35)29(36)30(26)43-16-17-7-8-20(33)14-23(17)34)15-38-40-31(39-24-6-4-3-5-22(24)32(40)41)27-12-18-11-21(37)9-10-25(18)44-27/h3-15H,2,16H2,1H3. The molecule has 2 aromatic heterocycles. The molecule has 0 radical (unpaired) electrons. The first-order chi connectivity index (χ1) is 21.2. The molecule has 0 saturated carbocycles. The Balaban J connectivity index is 1.43. The highest BCUT2D eigenvalue weighted by molar-refractivity contribution is 9.13. The van der Waals surface area contributed by atoms with Crippen LogP contribution in [0.2, 0.25) is 5.02 Å². The summed E-state index contributed by atoms with van der Waals surface area (Å²) in [5.41, 5.74) is 2.40. The zero-order chi connectivity index (χ0) is 31.0. The third-order valence-corrected chi connectivity index (χ3v) is 10.2. The minimum atomic E-state index is -0.347. The number of hydrogen-bond donors (Lipinski definition) is 0. The van der Waals surface area contributed by atoms with Gasteiger partial charge in [-0.25, -0.2) is 4.98 Å². The fraction of sp³-hybridized carbons (Fsp3) is 0.0938. The van der Waals surface area contributed by atoms with Gasteiger partial charge in [0.05, 0.1) is 28.2 Å². The van der Waals surface area contributed by atoms with Crippen LogP contribution >= 0.6 is 75.3 Å². The van der Waals surface area contributed by atoms with Crippen LogP contribution in [-0.2, 0) is 6.61 Å². The van der Waals surface area contributed by atoms with Crippen molar-refractivity contribution in [3.05, 3.63) is 117 Å². The highest BCUT2D eigenvalue weighted by atomic mass is 79.9. The lowest BCUT2D eigenvalue weighted by molar-refractivity contribution is 0.267. The van der Waals surface area contributed by atoms with Gasteiger partial charge in [0.1, 0.15) is 12.2 Å². The Labute approximate surface area is 290 Å². The lowest BCUT2D eigenvalue weighted by Crippen LogP contribution is -2.20. The van der Waals surface area contributed by atoms with Gasteiger partial charge in [-0.2, -0.15) is 9.78 Å². The fourth-order valence-electron chi connectivity index (χ4n) is 4.52. The lowest BCUT2D eigenvalue weighted by Gasteiger charge is -2.17. The van der Waals surface area contributed by atoms with Gasteiger partial charge in [-0.15, -0.1) is 0 Å². The Morgan fingerprint density at radius 2 is 1.80 bits per heavy atom. The third-order valence-electron chi connectivity index (χ3n) is 6.61. The second kappa shape index (κ2) is 13.2. The summed E-state index contributed by atoms with van der Waals surface area (Å²) in [6.45, 7) is 2.61. The first kappa shape index (κ1) is 31.0. The first-order valence-corrected chi connectivity index (χ1v) is 16.8. The second-order valence-electron chi connectivity index (χ2n) is 9.49. The molecule has 0 aliphatic carbocycles. The van der Waals surface area contributed by atoms with Crippen LogP contribution in [0.5, 0.6) is 11.5 Å². The number of benzene rings is 4. The molecule has 0 amide bonds. The summed E-state index contributed by atoms with van der Waals surface area (Å²) in [7, 11) is 0. The molecule has 0 spiro atoms. The Kier molecular flexibility index (Phi) is 9.30.